The molecule has 0 aromatic rings. The van der Waals surface area contributed by atoms with Gasteiger partial charge in [-0.2, -0.15) is 0 Å². The molecule has 0 aliphatic carbocycles. The van der Waals surface area contributed by atoms with Crippen LogP contribution in [0.2, 0.25) is 0 Å². The minimum absolute atomic E-state index is 0.0407. The topological polar surface area (TPSA) is 95.9 Å². The molecule has 0 aliphatic heterocycles. The molecule has 0 aliphatic rings. The Morgan fingerprint density at radius 1 is 0.508 bits per heavy atom. The van der Waals surface area contributed by atoms with Gasteiger partial charge >= 0.3 is 5.97 Å². The van der Waals surface area contributed by atoms with E-state index in [1.165, 1.54) is 57.8 Å². The van der Waals surface area contributed by atoms with Crippen LogP contribution >= 0.6 is 0 Å². The van der Waals surface area contributed by atoms with E-state index in [1.807, 2.05) is 42.5 Å². The van der Waals surface area contributed by atoms with E-state index in [-0.39, 0.29) is 24.9 Å². The highest BCUT2D eigenvalue weighted by molar-refractivity contribution is 5.77. The van der Waals surface area contributed by atoms with Crippen LogP contribution in [0.4, 0.5) is 0 Å². The van der Waals surface area contributed by atoms with E-state index in [2.05, 4.69) is 80.8 Å². The Morgan fingerprint density at radius 2 is 0.915 bits per heavy atom. The SMILES string of the molecule is CC/C=C/C=C/C=C\C=C/C=C/CCCCCC(=O)OC(CCCCCCC/C=C/C=C/C=C/CC)CC(=O)NC(CO)C(O)CCCCCCCCCCCCCC. The van der Waals surface area contributed by atoms with Crippen molar-refractivity contribution in [3.05, 3.63) is 97.2 Å². The normalized spacial score (nSPS) is 14.2. The van der Waals surface area contributed by atoms with Crippen LogP contribution < -0.4 is 5.32 Å². The number of carbonyl (C=O) groups is 2. The fourth-order valence-electron chi connectivity index (χ4n) is 6.74. The number of rotatable bonds is 41. The summed E-state index contributed by atoms with van der Waals surface area (Å²) in [4.78, 5) is 26.1. The van der Waals surface area contributed by atoms with E-state index in [0.717, 1.165) is 96.3 Å². The predicted molar refractivity (Wildman–Crippen MR) is 254 cm³/mol. The number of carbonyl (C=O) groups excluding carboxylic acids is 2. The van der Waals surface area contributed by atoms with E-state index >= 15 is 0 Å². The highest BCUT2D eigenvalue weighted by Gasteiger charge is 2.24. The van der Waals surface area contributed by atoms with Gasteiger partial charge in [-0.15, -0.1) is 0 Å². The van der Waals surface area contributed by atoms with Crippen LogP contribution in [0, 0.1) is 0 Å². The Hall–Kier alpha value is -3.22. The van der Waals surface area contributed by atoms with E-state index in [4.69, 9.17) is 4.74 Å². The van der Waals surface area contributed by atoms with Crippen molar-refractivity contribution in [1.82, 2.24) is 5.32 Å². The Bertz CT molecular complexity index is 1190. The smallest absolute Gasteiger partial charge is 0.306 e. The second-order valence-electron chi connectivity index (χ2n) is 15.9. The van der Waals surface area contributed by atoms with Crippen LogP contribution in [0.25, 0.3) is 0 Å². The van der Waals surface area contributed by atoms with Gasteiger partial charge in [0.2, 0.25) is 5.91 Å². The molecule has 336 valence electrons. The first kappa shape index (κ1) is 55.8. The zero-order chi connectivity index (χ0) is 43.1. The van der Waals surface area contributed by atoms with Gasteiger partial charge in [0.05, 0.1) is 25.2 Å². The average Bonchev–Trinajstić information content (AvgIpc) is 3.23. The lowest BCUT2D eigenvalue weighted by Gasteiger charge is -2.24. The van der Waals surface area contributed by atoms with Crippen molar-refractivity contribution in [3.8, 4) is 0 Å². The molecule has 0 fully saturated rings. The third-order valence-corrected chi connectivity index (χ3v) is 10.3. The second-order valence-corrected chi connectivity index (χ2v) is 15.9. The number of allylic oxidation sites excluding steroid dienone is 16. The van der Waals surface area contributed by atoms with Crippen molar-refractivity contribution in [2.75, 3.05) is 6.61 Å². The van der Waals surface area contributed by atoms with Gasteiger partial charge in [-0.05, 0) is 64.2 Å². The minimum atomic E-state index is -0.806. The maximum absolute atomic E-state index is 13.2. The summed E-state index contributed by atoms with van der Waals surface area (Å²) in [6.07, 6.45) is 60.3. The fraction of sp³-hybridized carbons (Fsp3) is 0.660. The van der Waals surface area contributed by atoms with Gasteiger partial charge in [-0.1, -0.05) is 221 Å². The third kappa shape index (κ3) is 41.3. The molecule has 1 amide bonds. The number of nitrogens with one attached hydrogen (secondary N) is 1. The number of esters is 1. The summed E-state index contributed by atoms with van der Waals surface area (Å²) >= 11 is 0. The number of aliphatic hydroxyl groups excluding tert-OH is 2. The van der Waals surface area contributed by atoms with Gasteiger partial charge in [-0.25, -0.2) is 0 Å². The number of ether oxygens (including phenoxy) is 1. The van der Waals surface area contributed by atoms with Crippen LogP contribution in [0.5, 0.6) is 0 Å². The van der Waals surface area contributed by atoms with Crippen molar-refractivity contribution in [2.24, 2.45) is 0 Å². The first-order valence-corrected chi connectivity index (χ1v) is 24.1. The van der Waals surface area contributed by atoms with Gasteiger partial charge in [0.1, 0.15) is 6.10 Å². The number of hydrogen-bond acceptors (Lipinski definition) is 5. The summed E-state index contributed by atoms with van der Waals surface area (Å²) in [5.41, 5.74) is 0. The van der Waals surface area contributed by atoms with Gasteiger partial charge < -0.3 is 20.3 Å². The molecule has 0 spiro atoms. The number of aliphatic hydroxyl groups is 2. The number of hydrogen-bond donors (Lipinski definition) is 3. The highest BCUT2D eigenvalue weighted by Crippen LogP contribution is 2.17. The summed E-state index contributed by atoms with van der Waals surface area (Å²) in [5.74, 6) is -0.553. The van der Waals surface area contributed by atoms with Gasteiger partial charge in [0.25, 0.3) is 0 Å². The number of unbranched alkanes of at least 4 members (excludes halogenated alkanes) is 19. The van der Waals surface area contributed by atoms with E-state index in [0.29, 0.717) is 19.3 Å². The molecule has 6 heteroatoms. The van der Waals surface area contributed by atoms with Gasteiger partial charge in [0, 0.05) is 6.42 Å². The van der Waals surface area contributed by atoms with Crippen molar-refractivity contribution >= 4 is 11.9 Å². The molecule has 0 aromatic carbocycles. The van der Waals surface area contributed by atoms with Crippen LogP contribution in [-0.4, -0.2) is 46.9 Å². The first-order valence-electron chi connectivity index (χ1n) is 24.1. The molecule has 0 bridgehead atoms. The Morgan fingerprint density at radius 3 is 1.39 bits per heavy atom. The Labute approximate surface area is 363 Å². The molecule has 3 N–H and O–H groups in total. The monoisotopic (exact) mass is 820 g/mol. The summed E-state index contributed by atoms with van der Waals surface area (Å²) in [6.45, 7) is 6.17. The lowest BCUT2D eigenvalue weighted by molar-refractivity contribution is -0.151. The van der Waals surface area contributed by atoms with Crippen LogP contribution in [0.15, 0.2) is 97.2 Å². The van der Waals surface area contributed by atoms with Crippen LogP contribution in [0.3, 0.4) is 0 Å². The van der Waals surface area contributed by atoms with Crippen LogP contribution in [-0.2, 0) is 14.3 Å². The molecule has 0 saturated heterocycles. The summed E-state index contributed by atoms with van der Waals surface area (Å²) < 4.78 is 5.89. The molecule has 6 nitrogen and oxygen atoms in total. The van der Waals surface area contributed by atoms with E-state index < -0.39 is 18.2 Å². The average molecular weight is 820 g/mol. The molecule has 3 atom stereocenters. The molecule has 0 heterocycles. The molecule has 0 saturated carbocycles. The lowest BCUT2D eigenvalue weighted by atomic mass is 10.0. The molecule has 59 heavy (non-hydrogen) atoms. The largest absolute Gasteiger partial charge is 0.462 e. The maximum atomic E-state index is 13.2. The highest BCUT2D eigenvalue weighted by atomic mass is 16.5. The van der Waals surface area contributed by atoms with Crippen molar-refractivity contribution in [1.29, 1.82) is 0 Å². The summed E-state index contributed by atoms with van der Waals surface area (Å²) in [6, 6.07) is -0.722. The molecule has 3 unspecified atom stereocenters. The summed E-state index contributed by atoms with van der Waals surface area (Å²) in [7, 11) is 0. The first-order chi connectivity index (χ1) is 29.0. The molecule has 0 radical (unpaired) electrons. The van der Waals surface area contributed by atoms with Crippen LogP contribution in [0.1, 0.15) is 201 Å². The third-order valence-electron chi connectivity index (χ3n) is 10.3. The second kappa shape index (κ2) is 45.9. The van der Waals surface area contributed by atoms with Gasteiger partial charge in [0.15, 0.2) is 0 Å². The molecule has 0 aromatic heterocycles. The lowest BCUT2D eigenvalue weighted by Crippen LogP contribution is -2.46. The number of amides is 1. The Kier molecular flexibility index (Phi) is 43.4. The zero-order valence-corrected chi connectivity index (χ0v) is 38.1. The maximum Gasteiger partial charge on any atom is 0.306 e. The van der Waals surface area contributed by atoms with Crippen molar-refractivity contribution < 1.29 is 24.5 Å². The standard InChI is InChI=1S/C53H89NO5/c1-4-7-10-13-16-19-22-25-26-28-31-34-37-40-43-46-53(58)59-49(44-41-38-35-32-29-27-23-20-17-14-11-8-5-2)47-52(57)54-50(48-55)51(56)45-42-39-36-33-30-24-21-18-15-12-9-6-3/h7-8,10-11,13-14,16-17,19-20,22-23,25-26,28,31,49-51,55-56H,4-6,9,12,15,18,21,24,27,29-30,32-48H2,1-3H3,(H,54,57)/b10-7+,11-8+,16-13+,17-14+,22-19-,23-20+,26-25-,31-28+. The predicted octanol–water partition coefficient (Wildman–Crippen LogP) is 14.2. The summed E-state index contributed by atoms with van der Waals surface area (Å²) in [5, 5.41) is 23.7. The fourth-order valence-corrected chi connectivity index (χ4v) is 6.74. The molecular weight excluding hydrogens is 731 g/mol. The zero-order valence-electron chi connectivity index (χ0n) is 38.1. The van der Waals surface area contributed by atoms with Crippen molar-refractivity contribution in [2.45, 2.75) is 219 Å². The minimum Gasteiger partial charge on any atom is -0.462 e. The quantitative estimate of drug-likeness (QED) is 0.0324. The van der Waals surface area contributed by atoms with E-state index in [1.54, 1.807) is 0 Å². The van der Waals surface area contributed by atoms with Gasteiger partial charge in [-0.3, -0.25) is 9.59 Å². The Balaban J connectivity index is 4.73. The molecular formula is C53H89NO5. The molecule has 0 rings (SSSR count). The van der Waals surface area contributed by atoms with Crippen molar-refractivity contribution in [3.63, 3.8) is 0 Å². The van der Waals surface area contributed by atoms with E-state index in [9.17, 15) is 19.8 Å².